The first-order valence-corrected chi connectivity index (χ1v) is 5.92. The minimum absolute atomic E-state index is 0.160. The fraction of sp³-hybridized carbons (Fsp3) is 0.455. The van der Waals surface area contributed by atoms with E-state index in [1.807, 2.05) is 0 Å². The molecule has 0 spiro atoms. The summed E-state index contributed by atoms with van der Waals surface area (Å²) in [4.78, 5) is 0. The van der Waals surface area contributed by atoms with Gasteiger partial charge in [0.05, 0.1) is 13.0 Å². The molecule has 8 heteroatoms. The molecule has 0 heterocycles. The molecule has 0 fully saturated rings. The van der Waals surface area contributed by atoms with Crippen LogP contribution in [-0.4, -0.2) is 18.5 Å². The largest absolute Gasteiger partial charge is 0.487 e. The molecule has 2 N–H and O–H groups in total. The molecule has 1 atom stereocenters. The van der Waals surface area contributed by atoms with Crippen LogP contribution >= 0.6 is 12.6 Å². The lowest BCUT2D eigenvalue weighted by molar-refractivity contribution is -0.139. The SMILES string of the molecule is NC(CS)c1cc(F)c(OCCC(F)(F)F)c(F)c1. The van der Waals surface area contributed by atoms with E-state index in [1.54, 1.807) is 0 Å². The molecular weight excluding hydrogens is 289 g/mol. The molecule has 1 aromatic rings. The highest BCUT2D eigenvalue weighted by Gasteiger charge is 2.27. The minimum Gasteiger partial charge on any atom is -0.487 e. The van der Waals surface area contributed by atoms with E-state index in [-0.39, 0.29) is 11.3 Å². The Balaban J connectivity index is 2.80. The second-order valence-electron chi connectivity index (χ2n) is 3.82. The van der Waals surface area contributed by atoms with Gasteiger partial charge in [-0.3, -0.25) is 0 Å². The van der Waals surface area contributed by atoms with Gasteiger partial charge in [-0.1, -0.05) is 0 Å². The quantitative estimate of drug-likeness (QED) is 0.647. The van der Waals surface area contributed by atoms with Gasteiger partial charge in [0.1, 0.15) is 0 Å². The number of halogens is 5. The van der Waals surface area contributed by atoms with E-state index in [4.69, 9.17) is 5.73 Å². The monoisotopic (exact) mass is 301 g/mol. The molecule has 0 aliphatic rings. The summed E-state index contributed by atoms with van der Waals surface area (Å²) in [6.45, 7) is -0.852. The summed E-state index contributed by atoms with van der Waals surface area (Å²) < 4.78 is 67.1. The Labute approximate surface area is 112 Å². The Morgan fingerprint density at radius 1 is 1.21 bits per heavy atom. The van der Waals surface area contributed by atoms with E-state index in [2.05, 4.69) is 17.4 Å². The van der Waals surface area contributed by atoms with Crippen molar-refractivity contribution < 1.29 is 26.7 Å². The lowest BCUT2D eigenvalue weighted by Gasteiger charge is -2.13. The first kappa shape index (κ1) is 16.0. The van der Waals surface area contributed by atoms with E-state index in [9.17, 15) is 22.0 Å². The molecule has 108 valence electrons. The van der Waals surface area contributed by atoms with Crippen LogP contribution < -0.4 is 10.5 Å². The summed E-state index contributed by atoms with van der Waals surface area (Å²) in [7, 11) is 0. The van der Waals surface area contributed by atoms with E-state index < -0.39 is 42.6 Å². The summed E-state index contributed by atoms with van der Waals surface area (Å²) >= 11 is 3.88. The first-order valence-electron chi connectivity index (χ1n) is 5.29. The maximum atomic E-state index is 13.5. The number of alkyl halides is 3. The molecular formula is C11H12F5NOS. The van der Waals surface area contributed by atoms with Crippen LogP contribution in [0, 0.1) is 11.6 Å². The van der Waals surface area contributed by atoms with E-state index in [0.29, 0.717) is 0 Å². The van der Waals surface area contributed by atoms with Crippen LogP contribution in [0.5, 0.6) is 5.75 Å². The van der Waals surface area contributed by atoms with Crippen molar-refractivity contribution in [1.29, 1.82) is 0 Å². The number of ether oxygens (including phenoxy) is 1. The molecule has 2 nitrogen and oxygen atoms in total. The number of hydrogen-bond acceptors (Lipinski definition) is 3. The normalized spacial score (nSPS) is 13.4. The standard InChI is InChI=1S/C11H12F5NOS/c12-7-3-6(9(17)5-19)4-8(13)10(7)18-2-1-11(14,15)16/h3-4,9,19H,1-2,5,17H2. The Hall–Kier alpha value is -1.02. The Kier molecular flexibility index (Phi) is 5.42. The molecule has 1 rings (SSSR count). The fourth-order valence-electron chi connectivity index (χ4n) is 1.31. The first-order chi connectivity index (χ1) is 8.74. The van der Waals surface area contributed by atoms with Crippen LogP contribution in [0.1, 0.15) is 18.0 Å². The molecule has 0 bridgehead atoms. The van der Waals surface area contributed by atoms with Gasteiger partial charge < -0.3 is 10.5 Å². The third-order valence-corrected chi connectivity index (χ3v) is 2.67. The molecule has 0 aliphatic heterocycles. The number of rotatable bonds is 5. The smallest absolute Gasteiger partial charge is 0.392 e. The lowest BCUT2D eigenvalue weighted by atomic mass is 10.1. The van der Waals surface area contributed by atoms with Crippen LogP contribution in [-0.2, 0) is 0 Å². The van der Waals surface area contributed by atoms with Gasteiger partial charge >= 0.3 is 6.18 Å². The predicted octanol–water partition coefficient (Wildman–Crippen LogP) is 3.23. The van der Waals surface area contributed by atoms with Crippen molar-refractivity contribution in [3.8, 4) is 5.75 Å². The maximum absolute atomic E-state index is 13.5. The lowest BCUT2D eigenvalue weighted by Crippen LogP contribution is -2.15. The Morgan fingerprint density at radius 3 is 2.16 bits per heavy atom. The van der Waals surface area contributed by atoms with Gasteiger partial charge in [-0.15, -0.1) is 0 Å². The summed E-state index contributed by atoms with van der Waals surface area (Å²) in [6.07, 6.45) is -5.73. The van der Waals surface area contributed by atoms with Gasteiger partial charge in [0.2, 0.25) is 0 Å². The second kappa shape index (κ2) is 6.42. The highest BCUT2D eigenvalue weighted by molar-refractivity contribution is 7.80. The van der Waals surface area contributed by atoms with Crippen LogP contribution in [0.2, 0.25) is 0 Å². The van der Waals surface area contributed by atoms with Gasteiger partial charge in [-0.25, -0.2) is 8.78 Å². The number of hydrogen-bond donors (Lipinski definition) is 2. The molecule has 0 aromatic heterocycles. The highest BCUT2D eigenvalue weighted by atomic mass is 32.1. The third-order valence-electron chi connectivity index (χ3n) is 2.28. The zero-order chi connectivity index (χ0) is 14.6. The zero-order valence-corrected chi connectivity index (χ0v) is 10.6. The maximum Gasteiger partial charge on any atom is 0.392 e. The van der Waals surface area contributed by atoms with Crippen molar-refractivity contribution in [1.82, 2.24) is 0 Å². The predicted molar refractivity (Wildman–Crippen MR) is 63.3 cm³/mol. The molecule has 0 radical (unpaired) electrons. The molecule has 0 saturated heterocycles. The van der Waals surface area contributed by atoms with Gasteiger partial charge in [-0.2, -0.15) is 25.8 Å². The zero-order valence-electron chi connectivity index (χ0n) is 9.68. The summed E-state index contributed by atoms with van der Waals surface area (Å²) in [5.41, 5.74) is 5.70. The van der Waals surface area contributed by atoms with Crippen molar-refractivity contribution in [3.05, 3.63) is 29.3 Å². The van der Waals surface area contributed by atoms with Crippen LogP contribution in [0.25, 0.3) is 0 Å². The van der Waals surface area contributed by atoms with E-state index in [1.165, 1.54) is 0 Å². The van der Waals surface area contributed by atoms with Crippen molar-refractivity contribution in [2.75, 3.05) is 12.4 Å². The summed E-state index contributed by atoms with van der Waals surface area (Å²) in [5.74, 6) is -2.84. The number of nitrogens with two attached hydrogens (primary N) is 1. The Bertz CT molecular complexity index is 415. The van der Waals surface area contributed by atoms with Crippen LogP contribution in [0.4, 0.5) is 22.0 Å². The highest BCUT2D eigenvalue weighted by Crippen LogP contribution is 2.27. The van der Waals surface area contributed by atoms with Crippen molar-refractivity contribution in [3.63, 3.8) is 0 Å². The Morgan fingerprint density at radius 2 is 1.74 bits per heavy atom. The van der Waals surface area contributed by atoms with Gasteiger partial charge in [0.25, 0.3) is 0 Å². The molecule has 0 aliphatic carbocycles. The minimum atomic E-state index is -4.44. The second-order valence-corrected chi connectivity index (χ2v) is 4.18. The summed E-state index contributed by atoms with van der Waals surface area (Å²) in [5, 5.41) is 0. The van der Waals surface area contributed by atoms with Gasteiger partial charge in [-0.05, 0) is 17.7 Å². The van der Waals surface area contributed by atoms with E-state index >= 15 is 0 Å². The van der Waals surface area contributed by atoms with Crippen LogP contribution in [0.15, 0.2) is 12.1 Å². The molecule has 19 heavy (non-hydrogen) atoms. The fourth-order valence-corrected chi connectivity index (χ4v) is 1.52. The van der Waals surface area contributed by atoms with Crippen molar-refractivity contribution in [2.24, 2.45) is 5.73 Å². The molecule has 0 amide bonds. The van der Waals surface area contributed by atoms with Gasteiger partial charge in [0, 0.05) is 11.8 Å². The molecule has 1 unspecified atom stereocenters. The third kappa shape index (κ3) is 4.87. The average molecular weight is 301 g/mol. The van der Waals surface area contributed by atoms with Crippen LogP contribution in [0.3, 0.4) is 0 Å². The topological polar surface area (TPSA) is 35.2 Å². The number of thiol groups is 1. The van der Waals surface area contributed by atoms with Crippen molar-refractivity contribution in [2.45, 2.75) is 18.6 Å². The summed E-state index contributed by atoms with van der Waals surface area (Å²) in [6, 6.07) is 1.18. The van der Waals surface area contributed by atoms with E-state index in [0.717, 1.165) is 12.1 Å². The molecule has 0 saturated carbocycles. The molecule has 1 aromatic carbocycles. The van der Waals surface area contributed by atoms with Crippen molar-refractivity contribution >= 4 is 12.6 Å². The van der Waals surface area contributed by atoms with Gasteiger partial charge in [0.15, 0.2) is 17.4 Å². The number of benzene rings is 1. The average Bonchev–Trinajstić information content (AvgIpc) is 2.30.